The maximum Gasteiger partial charge on any atom is 0.359 e. The number of ether oxygens (including phenoxy) is 2. The van der Waals surface area contributed by atoms with Crippen LogP contribution < -0.4 is 25.8 Å². The number of imidazole rings is 1. The molecule has 0 bridgehead atoms. The first-order valence-corrected chi connectivity index (χ1v) is 18.0. The quantitative estimate of drug-likeness (QED) is 0.0407. The average Bonchev–Trinajstić information content (AvgIpc) is 3.75. The number of primary amides is 1. The first-order valence-electron chi connectivity index (χ1n) is 14.9. The van der Waals surface area contributed by atoms with E-state index in [1.807, 2.05) is 0 Å². The molecular weight excluding hydrogens is 738 g/mol. The summed E-state index contributed by atoms with van der Waals surface area (Å²) in [6, 6.07) is 3.90. The first kappa shape index (κ1) is 37.6. The fourth-order valence-electron chi connectivity index (χ4n) is 5.74. The van der Waals surface area contributed by atoms with Crippen molar-refractivity contribution in [1.82, 2.24) is 24.5 Å². The summed E-state index contributed by atoms with van der Waals surface area (Å²) in [6.45, 7) is -1.04. The Morgan fingerprint density at radius 1 is 1.00 bits per heavy atom. The standard InChI is InChI=1S/C27H30N8O15P2/c28-22-15-24(32-9-31-22)35(10-33-15)26-19(39)17(37)14(48-26)8-47-51(42,43)27(50-52(44,45)46)21-18(38)20(40)25(49-21)34-6-3-12(13(7-34)23(29)41)16(36)11-1-4-30-5-2-11/h1-7,9-10,14,17-21,25-27,37-40H,8H2,(H6-,28,29,31,32,41,42,43,44,45,46)/p-1. The minimum atomic E-state index is -6.17. The normalized spacial score (nSPS) is 28.1. The number of carbonyl (C=O) groups is 2. The molecule has 2 aliphatic heterocycles. The number of phosphoric acid groups is 1. The number of aliphatic hydroxyl groups is 4. The highest BCUT2D eigenvalue weighted by molar-refractivity contribution is 7.54. The molecule has 4 aromatic rings. The molecule has 6 rings (SSSR count). The Morgan fingerprint density at radius 3 is 2.38 bits per heavy atom. The number of carbonyl (C=O) groups excluding carboxylic acids is 2. The van der Waals surface area contributed by atoms with Crippen molar-refractivity contribution >= 4 is 44.1 Å². The van der Waals surface area contributed by atoms with E-state index in [9.17, 15) is 53.8 Å². The Morgan fingerprint density at radius 2 is 1.71 bits per heavy atom. The van der Waals surface area contributed by atoms with Gasteiger partial charge in [0.15, 0.2) is 47.8 Å². The zero-order valence-corrected chi connectivity index (χ0v) is 27.9. The monoisotopic (exact) mass is 767 g/mol. The summed E-state index contributed by atoms with van der Waals surface area (Å²) in [7, 11) is -11.8. The van der Waals surface area contributed by atoms with Crippen LogP contribution in [0.25, 0.3) is 11.2 Å². The molecule has 23 nitrogen and oxygen atoms in total. The van der Waals surface area contributed by atoms with Gasteiger partial charge in [-0.2, -0.15) is 4.57 Å². The van der Waals surface area contributed by atoms with Crippen molar-refractivity contribution in [2.24, 2.45) is 5.73 Å². The first-order chi connectivity index (χ1) is 24.5. The van der Waals surface area contributed by atoms with Crippen LogP contribution in [0.5, 0.6) is 0 Å². The summed E-state index contributed by atoms with van der Waals surface area (Å²) in [4.78, 5) is 75.4. The van der Waals surface area contributed by atoms with Crippen LogP contribution >= 0.6 is 15.4 Å². The third-order valence-electron chi connectivity index (χ3n) is 8.27. The van der Waals surface area contributed by atoms with E-state index in [1.165, 1.54) is 35.4 Å². The van der Waals surface area contributed by atoms with Crippen LogP contribution in [0.3, 0.4) is 0 Å². The Bertz CT molecular complexity index is 2090. The van der Waals surface area contributed by atoms with Crippen molar-refractivity contribution < 1.29 is 76.9 Å². The lowest BCUT2D eigenvalue weighted by Crippen LogP contribution is -2.47. The Kier molecular flexibility index (Phi) is 10.3. The van der Waals surface area contributed by atoms with Crippen molar-refractivity contribution in [3.63, 3.8) is 0 Å². The van der Waals surface area contributed by atoms with Crippen molar-refractivity contribution in [1.29, 1.82) is 0 Å². The smallest absolute Gasteiger partial charge is 0.359 e. The van der Waals surface area contributed by atoms with Crippen LogP contribution in [0.15, 0.2) is 55.6 Å². The number of hydrogen-bond donors (Lipinski definition) is 7. The number of nitrogens with two attached hydrogens (primary N) is 2. The summed E-state index contributed by atoms with van der Waals surface area (Å²) in [6.07, 6.45) is -7.68. The molecule has 4 aromatic heterocycles. The molecule has 0 aromatic carbocycles. The topological polar surface area (TPSA) is 365 Å². The van der Waals surface area contributed by atoms with Gasteiger partial charge in [0.05, 0.1) is 20.8 Å². The lowest BCUT2D eigenvalue weighted by Gasteiger charge is -2.37. The van der Waals surface area contributed by atoms with E-state index < -0.39 is 88.6 Å². The second-order valence-electron chi connectivity index (χ2n) is 11.6. The van der Waals surface area contributed by atoms with Crippen molar-refractivity contribution in [2.45, 2.75) is 54.9 Å². The van der Waals surface area contributed by atoms with Crippen LogP contribution in [-0.4, -0.2) is 111 Å². The van der Waals surface area contributed by atoms with Crippen molar-refractivity contribution in [3.05, 3.63) is 72.3 Å². The Balaban J connectivity index is 1.22. The SMILES string of the molecule is NC(=O)c1c[n+](C2OC(C(OP(=O)([O-])[O-])P(=O)(O)OCC3OC(n4cnc5c(N)ncnc54)C(O)C3O)C(O)C2O)ccc1C(=O)c1ccncc1. The average molecular weight is 768 g/mol. The van der Waals surface area contributed by atoms with Gasteiger partial charge in [-0.3, -0.25) is 23.7 Å². The zero-order chi connectivity index (χ0) is 37.7. The van der Waals surface area contributed by atoms with E-state index in [2.05, 4.69) is 24.5 Å². The van der Waals surface area contributed by atoms with Gasteiger partial charge < -0.3 is 69.7 Å². The molecule has 0 radical (unpaired) electrons. The number of aromatic nitrogens is 6. The molecular formula is C27H29N8O15P2-. The largest absolute Gasteiger partial charge is 0.790 e. The Labute approximate surface area is 290 Å². The lowest BCUT2D eigenvalue weighted by atomic mass is 10.0. The second kappa shape index (κ2) is 14.3. The number of hydrogen-bond acceptors (Lipinski definition) is 19. The highest BCUT2D eigenvalue weighted by Gasteiger charge is 2.57. The minimum absolute atomic E-state index is 0.00137. The molecule has 2 aliphatic rings. The number of phosphoric ester groups is 1. The van der Waals surface area contributed by atoms with Crippen molar-refractivity contribution in [3.8, 4) is 0 Å². The molecule has 278 valence electrons. The number of nitrogen functional groups attached to an aromatic ring is 1. The highest BCUT2D eigenvalue weighted by atomic mass is 31.2. The van der Waals surface area contributed by atoms with Crippen LogP contribution in [0, 0.1) is 0 Å². The van der Waals surface area contributed by atoms with E-state index >= 15 is 0 Å². The summed E-state index contributed by atoms with van der Waals surface area (Å²) in [5.41, 5.74) is 11.1. The number of anilines is 1. The molecule has 9 N–H and O–H groups in total. The summed E-state index contributed by atoms with van der Waals surface area (Å²) in [5, 5.41) is 43.1. The van der Waals surface area contributed by atoms with Gasteiger partial charge >= 0.3 is 7.60 Å². The molecule has 2 saturated heterocycles. The molecule has 25 heteroatoms. The van der Waals surface area contributed by atoms with Gasteiger partial charge in [-0.05, 0) is 12.1 Å². The number of nitrogens with zero attached hydrogens (tertiary/aromatic N) is 6. The molecule has 10 unspecified atom stereocenters. The molecule has 0 spiro atoms. The van der Waals surface area contributed by atoms with Gasteiger partial charge in [0.1, 0.15) is 47.9 Å². The number of amides is 1. The molecule has 0 aliphatic carbocycles. The second-order valence-corrected chi connectivity index (χ2v) is 14.6. The van der Waals surface area contributed by atoms with E-state index in [0.29, 0.717) is 0 Å². The maximum atomic E-state index is 13.5. The number of ketones is 1. The van der Waals surface area contributed by atoms with Crippen LogP contribution in [-0.2, 0) is 27.7 Å². The lowest BCUT2D eigenvalue weighted by molar-refractivity contribution is -0.766. The van der Waals surface area contributed by atoms with Gasteiger partial charge in [-0.15, -0.1) is 0 Å². The number of rotatable bonds is 12. The fourth-order valence-corrected chi connectivity index (χ4v) is 8.07. The van der Waals surface area contributed by atoms with E-state index in [-0.39, 0.29) is 33.7 Å². The number of fused-ring (bicyclic) bond motifs is 1. The third kappa shape index (κ3) is 7.23. The van der Waals surface area contributed by atoms with Gasteiger partial charge in [-0.25, -0.2) is 15.0 Å². The van der Waals surface area contributed by atoms with E-state index in [1.54, 1.807) is 0 Å². The molecule has 2 fully saturated rings. The predicted octanol–water partition coefficient (Wildman–Crippen LogP) is -4.27. The fraction of sp³-hybridized carbons (Fsp3) is 0.370. The van der Waals surface area contributed by atoms with Crippen LogP contribution in [0.2, 0.25) is 0 Å². The number of pyridine rings is 2. The third-order valence-corrected chi connectivity index (χ3v) is 10.5. The maximum absolute atomic E-state index is 13.5. The molecule has 1 amide bonds. The van der Waals surface area contributed by atoms with E-state index in [4.69, 9.17) is 25.5 Å². The Hall–Kier alpha value is -4.19. The van der Waals surface area contributed by atoms with Gasteiger partial charge in [0, 0.05) is 29.6 Å². The zero-order valence-electron chi connectivity index (χ0n) is 26.2. The highest BCUT2D eigenvalue weighted by Crippen LogP contribution is 2.56. The molecule has 0 saturated carbocycles. The molecule has 52 heavy (non-hydrogen) atoms. The summed E-state index contributed by atoms with van der Waals surface area (Å²) < 4.78 is 47.9. The van der Waals surface area contributed by atoms with Gasteiger partial charge in [0.2, 0.25) is 0 Å². The van der Waals surface area contributed by atoms with Crippen LogP contribution in [0.4, 0.5) is 5.82 Å². The minimum Gasteiger partial charge on any atom is -0.790 e. The summed E-state index contributed by atoms with van der Waals surface area (Å²) >= 11 is 0. The van der Waals surface area contributed by atoms with Gasteiger partial charge in [-0.1, -0.05) is 0 Å². The predicted molar refractivity (Wildman–Crippen MR) is 163 cm³/mol. The molecule has 10 atom stereocenters. The van der Waals surface area contributed by atoms with Gasteiger partial charge in [0.25, 0.3) is 12.1 Å². The summed E-state index contributed by atoms with van der Waals surface area (Å²) in [5.74, 6) is -4.54. The van der Waals surface area contributed by atoms with Crippen LogP contribution in [0.1, 0.15) is 38.7 Å². The number of aliphatic hydroxyl groups excluding tert-OH is 4. The van der Waals surface area contributed by atoms with Crippen molar-refractivity contribution in [2.75, 3.05) is 12.3 Å². The van der Waals surface area contributed by atoms with E-state index in [0.717, 1.165) is 29.4 Å². The molecule has 6 heterocycles.